The van der Waals surface area contributed by atoms with Crippen molar-refractivity contribution in [3.63, 3.8) is 0 Å². The Labute approximate surface area is 165 Å². The minimum absolute atomic E-state index is 0.391. The zero-order valence-corrected chi connectivity index (χ0v) is 17.9. The molecule has 2 rings (SSSR count). The first-order chi connectivity index (χ1) is 12.7. The van der Waals surface area contributed by atoms with Crippen LogP contribution >= 0.6 is 12.2 Å². The van der Waals surface area contributed by atoms with Crippen molar-refractivity contribution in [2.24, 2.45) is 33.0 Å². The maximum Gasteiger partial charge on any atom is 0.241 e. The van der Waals surface area contributed by atoms with Gasteiger partial charge in [0.25, 0.3) is 0 Å². The number of rotatable bonds is 12. The Morgan fingerprint density at radius 1 is 1.00 bits per heavy atom. The predicted octanol–water partition coefficient (Wildman–Crippen LogP) is 7.67. The Morgan fingerprint density at radius 3 is 2.42 bits per heavy atom. The van der Waals surface area contributed by atoms with Gasteiger partial charge in [0.05, 0.1) is 0 Å². The molecule has 1 aliphatic heterocycles. The van der Waals surface area contributed by atoms with Crippen LogP contribution in [0.4, 0.5) is 0 Å². The molecule has 3 nitrogen and oxygen atoms in total. The molecule has 146 valence electrons. The monoisotopic (exact) mass is 375 g/mol. The fourth-order valence-electron chi connectivity index (χ4n) is 4.45. The Kier molecular flexibility index (Phi) is 9.66. The highest BCUT2D eigenvalue weighted by atomic mass is 32.1. The molecule has 0 N–H and O–H groups in total. The highest BCUT2D eigenvalue weighted by Crippen LogP contribution is 2.38. The summed E-state index contributed by atoms with van der Waals surface area (Å²) in [5.74, 6) is 2.66. The van der Waals surface area contributed by atoms with Gasteiger partial charge in [0.2, 0.25) is 5.11 Å². The molecule has 0 bridgehead atoms. The van der Waals surface area contributed by atoms with Gasteiger partial charge in [-0.15, -0.1) is 10.2 Å². The van der Waals surface area contributed by atoms with Gasteiger partial charge in [0, 0.05) is 5.92 Å². The molecule has 0 aromatic heterocycles. The van der Waals surface area contributed by atoms with E-state index in [0.29, 0.717) is 16.9 Å². The van der Waals surface area contributed by atoms with E-state index in [2.05, 4.69) is 42.1 Å². The summed E-state index contributed by atoms with van der Waals surface area (Å²) < 4.78 is 0. The molecule has 3 unspecified atom stereocenters. The number of nitrogens with zero attached hydrogens (tertiary/aromatic N) is 3. The van der Waals surface area contributed by atoms with Gasteiger partial charge in [0.15, 0.2) is 5.84 Å². The molecule has 1 aliphatic carbocycles. The highest BCUT2D eigenvalue weighted by Gasteiger charge is 2.31. The lowest BCUT2D eigenvalue weighted by Crippen LogP contribution is -2.26. The van der Waals surface area contributed by atoms with E-state index < -0.39 is 0 Å². The summed E-state index contributed by atoms with van der Waals surface area (Å²) in [4.78, 5) is 4.52. The predicted molar refractivity (Wildman–Crippen MR) is 116 cm³/mol. The highest BCUT2D eigenvalue weighted by molar-refractivity contribution is 7.80. The van der Waals surface area contributed by atoms with Crippen LogP contribution in [0.1, 0.15) is 97.8 Å². The first kappa shape index (κ1) is 21.4. The summed E-state index contributed by atoms with van der Waals surface area (Å²) in [5.41, 5.74) is 1.65. The third-order valence-electron chi connectivity index (χ3n) is 5.86. The van der Waals surface area contributed by atoms with Crippen LogP contribution in [0, 0.1) is 17.8 Å². The van der Waals surface area contributed by atoms with E-state index in [0.717, 1.165) is 11.8 Å². The molecular weight excluding hydrogens is 338 g/mol. The summed E-state index contributed by atoms with van der Waals surface area (Å²) in [6.07, 6.45) is 17.9. The van der Waals surface area contributed by atoms with Gasteiger partial charge in [-0.05, 0) is 56.2 Å². The third kappa shape index (κ3) is 6.68. The van der Waals surface area contributed by atoms with E-state index in [-0.39, 0.29) is 0 Å². The van der Waals surface area contributed by atoms with Crippen molar-refractivity contribution in [2.45, 2.75) is 97.8 Å². The Hall–Kier alpha value is -0.900. The van der Waals surface area contributed by atoms with E-state index in [4.69, 9.17) is 12.2 Å². The quantitative estimate of drug-likeness (QED) is 0.196. The average Bonchev–Trinajstić information content (AvgIpc) is 3.06. The fraction of sp³-hybridized carbons (Fsp3) is 0.818. The molecule has 0 radical (unpaired) electrons. The summed E-state index contributed by atoms with van der Waals surface area (Å²) >= 11 is 5.16. The van der Waals surface area contributed by atoms with Crippen molar-refractivity contribution in [3.05, 3.63) is 11.6 Å². The lowest BCUT2D eigenvalue weighted by atomic mass is 9.74. The molecule has 2 aliphatic rings. The molecule has 4 heteroatoms. The summed E-state index contributed by atoms with van der Waals surface area (Å²) in [6.45, 7) is 6.96. The van der Waals surface area contributed by atoms with Gasteiger partial charge in [-0.2, -0.15) is 4.99 Å². The number of hydrogen-bond acceptors (Lipinski definition) is 2. The van der Waals surface area contributed by atoms with Gasteiger partial charge in [0.1, 0.15) is 0 Å². The van der Waals surface area contributed by atoms with Crippen LogP contribution in [-0.2, 0) is 0 Å². The van der Waals surface area contributed by atoms with E-state index in [9.17, 15) is 0 Å². The molecule has 0 saturated heterocycles. The number of azo groups is 1. The number of hydrogen-bond donors (Lipinski definition) is 0. The molecule has 0 saturated carbocycles. The Balaban J connectivity index is 2.06. The molecule has 0 amide bonds. The van der Waals surface area contributed by atoms with Gasteiger partial charge in [-0.25, -0.2) is 0 Å². The van der Waals surface area contributed by atoms with Gasteiger partial charge in [-0.1, -0.05) is 77.4 Å². The van der Waals surface area contributed by atoms with E-state index in [1.807, 2.05) is 0 Å². The average molecular weight is 376 g/mol. The van der Waals surface area contributed by atoms with Crippen molar-refractivity contribution >= 4 is 23.2 Å². The molecule has 0 aromatic carbocycles. The number of aliphatic imine (C=N–C) groups is 1. The normalized spacial score (nSPS) is 22.3. The summed E-state index contributed by atoms with van der Waals surface area (Å²) in [5, 5.41) is 8.82. The molecule has 26 heavy (non-hydrogen) atoms. The second-order valence-electron chi connectivity index (χ2n) is 8.18. The zero-order valence-electron chi connectivity index (χ0n) is 17.0. The van der Waals surface area contributed by atoms with Crippen LogP contribution in [0.15, 0.2) is 26.9 Å². The van der Waals surface area contributed by atoms with Crippen LogP contribution < -0.4 is 0 Å². The van der Waals surface area contributed by atoms with Crippen LogP contribution in [0.2, 0.25) is 0 Å². The lowest BCUT2D eigenvalue weighted by Gasteiger charge is -2.32. The zero-order chi connectivity index (χ0) is 18.8. The standard InChI is InChI=1S/C22H37N3S/c1-4-6-7-8-9-10-15-20(21-23-22(26)25-24-21)19(12-5-2)18-14-11-13-17(3)16-18/h14,17,19-20H,4-13,15-16H2,1-3H3. The minimum atomic E-state index is 0.391. The van der Waals surface area contributed by atoms with Crippen LogP contribution in [0.25, 0.3) is 0 Å². The van der Waals surface area contributed by atoms with Gasteiger partial charge in [-0.3, -0.25) is 0 Å². The maximum absolute atomic E-state index is 5.16. The van der Waals surface area contributed by atoms with Crippen molar-refractivity contribution in [2.75, 3.05) is 0 Å². The van der Waals surface area contributed by atoms with Crippen LogP contribution in [0.5, 0.6) is 0 Å². The topological polar surface area (TPSA) is 37.1 Å². The van der Waals surface area contributed by atoms with Gasteiger partial charge >= 0.3 is 0 Å². The molecular formula is C22H37N3S. The first-order valence-electron chi connectivity index (χ1n) is 10.9. The SMILES string of the molecule is CCCCCCCCC(C1=NC(=S)N=N1)C(CCC)C1=CCCC(C)C1. The molecule has 0 fully saturated rings. The van der Waals surface area contributed by atoms with Gasteiger partial charge < -0.3 is 0 Å². The maximum atomic E-state index is 5.16. The van der Waals surface area contributed by atoms with Crippen LogP contribution in [0.3, 0.4) is 0 Å². The van der Waals surface area contributed by atoms with Crippen LogP contribution in [-0.4, -0.2) is 10.9 Å². The van der Waals surface area contributed by atoms with E-state index in [1.165, 1.54) is 77.0 Å². The molecule has 1 heterocycles. The summed E-state index contributed by atoms with van der Waals surface area (Å²) in [6, 6.07) is 0. The molecule has 3 atom stereocenters. The second-order valence-corrected chi connectivity index (χ2v) is 8.54. The Bertz CT molecular complexity index is 536. The number of unbranched alkanes of at least 4 members (excludes halogenated alkanes) is 5. The summed E-state index contributed by atoms with van der Waals surface area (Å²) in [7, 11) is 0. The molecule has 0 aromatic rings. The fourth-order valence-corrected chi connectivity index (χ4v) is 4.58. The van der Waals surface area contributed by atoms with E-state index in [1.54, 1.807) is 5.57 Å². The number of allylic oxidation sites excluding steroid dienone is 2. The largest absolute Gasteiger partial charge is 0.241 e. The Morgan fingerprint density at radius 2 is 1.77 bits per heavy atom. The minimum Gasteiger partial charge on any atom is -0.200 e. The third-order valence-corrected chi connectivity index (χ3v) is 6.03. The van der Waals surface area contributed by atoms with E-state index >= 15 is 0 Å². The number of thiocarbonyl (C=S) groups is 1. The van der Waals surface area contributed by atoms with Crippen molar-refractivity contribution in [3.8, 4) is 0 Å². The second kappa shape index (κ2) is 11.7. The van der Waals surface area contributed by atoms with Crippen molar-refractivity contribution in [1.29, 1.82) is 0 Å². The molecule has 0 spiro atoms. The van der Waals surface area contributed by atoms with Crippen molar-refractivity contribution < 1.29 is 0 Å². The first-order valence-corrected chi connectivity index (χ1v) is 11.3. The smallest absolute Gasteiger partial charge is 0.200 e. The lowest BCUT2D eigenvalue weighted by molar-refractivity contribution is 0.365. The number of amidine groups is 1. The van der Waals surface area contributed by atoms with Crippen molar-refractivity contribution in [1.82, 2.24) is 0 Å².